The second-order valence-electron chi connectivity index (χ2n) is 7.09. The van der Waals surface area contributed by atoms with E-state index in [0.717, 1.165) is 0 Å². The fraction of sp³-hybridized carbons (Fsp3) is 0.556. The summed E-state index contributed by atoms with van der Waals surface area (Å²) in [6.45, 7) is 6.43. The Labute approximate surface area is 150 Å². The van der Waals surface area contributed by atoms with Gasteiger partial charge in [0.1, 0.15) is 11.4 Å². The van der Waals surface area contributed by atoms with Crippen LogP contribution in [0.2, 0.25) is 0 Å². The summed E-state index contributed by atoms with van der Waals surface area (Å²) in [5.41, 5.74) is -0.527. The monoisotopic (exact) mass is 367 g/mol. The van der Waals surface area contributed by atoms with E-state index in [2.05, 4.69) is 0 Å². The average molecular weight is 367 g/mol. The molecule has 0 spiro atoms. The number of hydrogen-bond donors (Lipinski definition) is 0. The van der Waals surface area contributed by atoms with Gasteiger partial charge in [-0.2, -0.15) is 0 Å². The van der Waals surface area contributed by atoms with Crippen molar-refractivity contribution in [2.75, 3.05) is 19.3 Å². The molecule has 1 heterocycles. The van der Waals surface area contributed by atoms with E-state index in [4.69, 9.17) is 9.47 Å². The van der Waals surface area contributed by atoms with E-state index in [-0.39, 0.29) is 18.0 Å². The Balaban J connectivity index is 1.84. The van der Waals surface area contributed by atoms with Crippen LogP contribution in [0.15, 0.2) is 29.2 Å². The van der Waals surface area contributed by atoms with Crippen molar-refractivity contribution in [3.05, 3.63) is 24.3 Å². The minimum atomic E-state index is -1.06. The van der Waals surface area contributed by atoms with Crippen LogP contribution in [0.4, 0.5) is 4.79 Å². The van der Waals surface area contributed by atoms with Crippen LogP contribution in [-0.4, -0.2) is 46.1 Å². The van der Waals surface area contributed by atoms with Crippen molar-refractivity contribution in [1.29, 1.82) is 0 Å². The summed E-state index contributed by atoms with van der Waals surface area (Å²) < 4.78 is 22.1. The predicted molar refractivity (Wildman–Crippen MR) is 94.9 cm³/mol. The van der Waals surface area contributed by atoms with E-state index in [1.165, 1.54) is 0 Å². The molecule has 0 aliphatic carbocycles. The van der Waals surface area contributed by atoms with Crippen LogP contribution < -0.4 is 4.74 Å². The fourth-order valence-corrected chi connectivity index (χ4v) is 3.04. The highest BCUT2D eigenvalue weighted by Gasteiger charge is 2.30. The van der Waals surface area contributed by atoms with Crippen molar-refractivity contribution in [3.63, 3.8) is 0 Å². The van der Waals surface area contributed by atoms with Gasteiger partial charge in [-0.15, -0.1) is 0 Å². The summed E-state index contributed by atoms with van der Waals surface area (Å²) in [5.74, 6) is -0.0957. The molecule has 1 aromatic rings. The Kier molecular flexibility index (Phi) is 6.21. The first-order valence-corrected chi connectivity index (χ1v) is 9.84. The molecule has 1 saturated heterocycles. The number of amides is 1. The molecule has 1 amide bonds. The molecule has 1 aliphatic heterocycles. The Hall–Kier alpha value is -1.89. The van der Waals surface area contributed by atoms with Gasteiger partial charge in [0, 0.05) is 35.0 Å². The van der Waals surface area contributed by atoms with Crippen LogP contribution >= 0.6 is 0 Å². The van der Waals surface area contributed by atoms with Gasteiger partial charge in [0.15, 0.2) is 0 Å². The number of esters is 1. The van der Waals surface area contributed by atoms with Gasteiger partial charge in [0.25, 0.3) is 0 Å². The molecule has 25 heavy (non-hydrogen) atoms. The minimum absolute atomic E-state index is 0.237. The lowest BCUT2D eigenvalue weighted by Gasteiger charge is -2.32. The SMILES string of the molecule is C[S@@](=O)c1ccc(OC(=O)C2CCN(C(=O)OC(C)(C)C)CC2)cc1. The number of hydrogen-bond acceptors (Lipinski definition) is 5. The molecule has 0 N–H and O–H groups in total. The Morgan fingerprint density at radius 1 is 1.12 bits per heavy atom. The molecule has 6 nitrogen and oxygen atoms in total. The number of nitrogens with zero attached hydrogens (tertiary/aromatic N) is 1. The maximum Gasteiger partial charge on any atom is 0.410 e. The first-order valence-electron chi connectivity index (χ1n) is 8.29. The Morgan fingerprint density at radius 2 is 1.68 bits per heavy atom. The van der Waals surface area contributed by atoms with E-state index in [1.54, 1.807) is 35.4 Å². The molecule has 0 saturated carbocycles. The molecule has 0 unspecified atom stereocenters. The minimum Gasteiger partial charge on any atom is -0.444 e. The molecule has 1 fully saturated rings. The Morgan fingerprint density at radius 3 is 2.16 bits per heavy atom. The highest BCUT2D eigenvalue weighted by Crippen LogP contribution is 2.22. The van der Waals surface area contributed by atoms with E-state index in [9.17, 15) is 13.8 Å². The molecule has 0 radical (unpaired) electrons. The average Bonchev–Trinajstić information content (AvgIpc) is 2.54. The van der Waals surface area contributed by atoms with Gasteiger partial charge in [-0.1, -0.05) is 0 Å². The number of likely N-dealkylation sites (tertiary alicyclic amines) is 1. The van der Waals surface area contributed by atoms with Crippen molar-refractivity contribution in [1.82, 2.24) is 4.90 Å². The molecule has 2 rings (SSSR count). The second-order valence-corrected chi connectivity index (χ2v) is 8.47. The van der Waals surface area contributed by atoms with Crippen LogP contribution in [0.1, 0.15) is 33.6 Å². The number of carbonyl (C=O) groups is 2. The lowest BCUT2D eigenvalue weighted by Crippen LogP contribution is -2.43. The van der Waals surface area contributed by atoms with Crippen molar-refractivity contribution >= 4 is 22.9 Å². The summed E-state index contributed by atoms with van der Waals surface area (Å²) in [6.07, 6.45) is 2.35. The highest BCUT2D eigenvalue weighted by molar-refractivity contribution is 7.84. The summed E-state index contributed by atoms with van der Waals surface area (Å²) in [7, 11) is -1.06. The van der Waals surface area contributed by atoms with Crippen molar-refractivity contribution in [2.24, 2.45) is 5.92 Å². The van der Waals surface area contributed by atoms with Gasteiger partial charge in [-0.05, 0) is 57.9 Å². The quantitative estimate of drug-likeness (QED) is 0.607. The molecule has 1 aromatic carbocycles. The number of ether oxygens (including phenoxy) is 2. The summed E-state index contributed by atoms with van der Waals surface area (Å²) in [6, 6.07) is 6.66. The first-order chi connectivity index (χ1) is 11.7. The van der Waals surface area contributed by atoms with Gasteiger partial charge in [0.2, 0.25) is 0 Å². The van der Waals surface area contributed by atoms with E-state index in [1.807, 2.05) is 20.8 Å². The number of benzene rings is 1. The third-order valence-electron chi connectivity index (χ3n) is 3.85. The zero-order chi connectivity index (χ0) is 18.6. The fourth-order valence-electron chi connectivity index (χ4n) is 2.52. The lowest BCUT2D eigenvalue weighted by molar-refractivity contribution is -0.140. The molecular weight excluding hydrogens is 342 g/mol. The van der Waals surface area contributed by atoms with Crippen LogP contribution in [0.5, 0.6) is 5.75 Å². The zero-order valence-corrected chi connectivity index (χ0v) is 15.9. The predicted octanol–water partition coefficient (Wildman–Crippen LogP) is 2.98. The normalized spacial score (nSPS) is 17.0. The van der Waals surface area contributed by atoms with Crippen molar-refractivity contribution in [2.45, 2.75) is 44.1 Å². The van der Waals surface area contributed by atoms with Crippen molar-refractivity contribution in [3.8, 4) is 5.75 Å². The first kappa shape index (κ1) is 19.4. The van der Waals surface area contributed by atoms with Gasteiger partial charge >= 0.3 is 12.1 Å². The summed E-state index contributed by atoms with van der Waals surface area (Å²) in [5, 5.41) is 0. The third-order valence-corrected chi connectivity index (χ3v) is 4.79. The van der Waals surface area contributed by atoms with Crippen LogP contribution in [0, 0.1) is 5.92 Å². The number of rotatable bonds is 3. The van der Waals surface area contributed by atoms with E-state index in [0.29, 0.717) is 36.6 Å². The largest absolute Gasteiger partial charge is 0.444 e. The topological polar surface area (TPSA) is 72.9 Å². The lowest BCUT2D eigenvalue weighted by atomic mass is 9.97. The summed E-state index contributed by atoms with van der Waals surface area (Å²) >= 11 is 0. The van der Waals surface area contributed by atoms with Crippen LogP contribution in [0.25, 0.3) is 0 Å². The third kappa shape index (κ3) is 5.85. The maximum atomic E-state index is 12.3. The molecule has 1 aliphatic rings. The summed E-state index contributed by atoms with van der Waals surface area (Å²) in [4.78, 5) is 26.6. The van der Waals surface area contributed by atoms with Gasteiger partial charge in [0.05, 0.1) is 5.92 Å². The smallest absolute Gasteiger partial charge is 0.410 e. The van der Waals surface area contributed by atoms with Crippen LogP contribution in [-0.2, 0) is 20.3 Å². The van der Waals surface area contributed by atoms with Crippen molar-refractivity contribution < 1.29 is 23.3 Å². The highest BCUT2D eigenvalue weighted by atomic mass is 32.2. The van der Waals surface area contributed by atoms with E-state index < -0.39 is 16.4 Å². The zero-order valence-electron chi connectivity index (χ0n) is 15.1. The van der Waals surface area contributed by atoms with Gasteiger partial charge < -0.3 is 14.4 Å². The number of carbonyl (C=O) groups excluding carboxylic acids is 2. The van der Waals surface area contributed by atoms with Gasteiger partial charge in [-0.3, -0.25) is 9.00 Å². The van der Waals surface area contributed by atoms with Gasteiger partial charge in [-0.25, -0.2) is 4.79 Å². The maximum absolute atomic E-state index is 12.3. The molecule has 1 atom stereocenters. The van der Waals surface area contributed by atoms with E-state index >= 15 is 0 Å². The second kappa shape index (κ2) is 7.99. The standard InChI is InChI=1S/C18H25NO5S/c1-18(2,3)24-17(21)19-11-9-13(10-12-19)16(20)23-14-5-7-15(8-6-14)25(4)22/h5-8,13H,9-12H2,1-4H3/t25-/m1/s1. The van der Waals surface area contributed by atoms with Crippen LogP contribution in [0.3, 0.4) is 0 Å². The Bertz CT molecular complexity index is 642. The molecule has 7 heteroatoms. The molecule has 138 valence electrons. The molecule has 0 aromatic heterocycles. The molecular formula is C18H25NO5S. The number of piperidine rings is 1. The molecule has 0 bridgehead atoms.